The molecule has 5 rings (SSSR count). The van der Waals surface area contributed by atoms with E-state index in [0.29, 0.717) is 16.9 Å². The summed E-state index contributed by atoms with van der Waals surface area (Å²) in [6.07, 6.45) is 17.4. The van der Waals surface area contributed by atoms with E-state index in [-0.39, 0.29) is 5.41 Å². The summed E-state index contributed by atoms with van der Waals surface area (Å²) in [7, 11) is 0. The fourth-order valence-corrected chi connectivity index (χ4v) is 5.10. The fraction of sp³-hybridized carbons (Fsp3) is 0.143. The standard InChI is InChI=1S/C28H21Cl/c1-28(27-16-7-4-13-24(27)22-11-8-12-23(29)19-22)25-14-5-2-9-20(25)17-18-21-10-3-6-15-26(21)28/h2-7,9-10,12-20,25H,1H3. The normalized spacial score (nSPS) is 26.4. The lowest BCUT2D eigenvalue weighted by atomic mass is 9.61. The van der Waals surface area contributed by atoms with E-state index >= 15 is 0 Å². The topological polar surface area (TPSA) is 0 Å². The van der Waals surface area contributed by atoms with Crippen molar-refractivity contribution < 1.29 is 0 Å². The van der Waals surface area contributed by atoms with Crippen LogP contribution in [-0.2, 0) is 5.41 Å². The fourth-order valence-electron chi connectivity index (χ4n) is 4.93. The molecule has 0 saturated heterocycles. The summed E-state index contributed by atoms with van der Waals surface area (Å²) >= 11 is 6.30. The third kappa shape index (κ3) is 2.94. The van der Waals surface area contributed by atoms with Gasteiger partial charge in [-0.25, -0.2) is 0 Å². The number of benzene rings is 2. The van der Waals surface area contributed by atoms with Crippen LogP contribution in [0.4, 0.5) is 0 Å². The van der Waals surface area contributed by atoms with Gasteiger partial charge in [0.2, 0.25) is 0 Å². The molecule has 3 aliphatic carbocycles. The maximum absolute atomic E-state index is 6.30. The molecule has 3 atom stereocenters. The van der Waals surface area contributed by atoms with E-state index in [4.69, 9.17) is 11.6 Å². The molecule has 0 heterocycles. The van der Waals surface area contributed by atoms with Gasteiger partial charge in [-0.3, -0.25) is 0 Å². The minimum atomic E-state index is -0.210. The monoisotopic (exact) mass is 392 g/mol. The quantitative estimate of drug-likeness (QED) is 0.473. The Bertz CT molecular complexity index is 1210. The van der Waals surface area contributed by atoms with Crippen LogP contribution in [0.25, 0.3) is 11.6 Å². The Morgan fingerprint density at radius 3 is 2.52 bits per heavy atom. The molecule has 3 aliphatic rings. The lowest BCUT2D eigenvalue weighted by Gasteiger charge is -2.41. The van der Waals surface area contributed by atoms with Crippen molar-refractivity contribution in [1.29, 1.82) is 0 Å². The maximum atomic E-state index is 6.30. The highest BCUT2D eigenvalue weighted by Gasteiger charge is 2.43. The molecule has 0 amide bonds. The molecule has 0 aliphatic heterocycles. The lowest BCUT2D eigenvalue weighted by molar-refractivity contribution is 0.368. The molecule has 0 fully saturated rings. The van der Waals surface area contributed by atoms with Crippen LogP contribution in [0.3, 0.4) is 0 Å². The molecule has 0 spiro atoms. The molecule has 0 N–H and O–H groups in total. The van der Waals surface area contributed by atoms with E-state index in [1.807, 2.05) is 6.08 Å². The van der Waals surface area contributed by atoms with Crippen molar-refractivity contribution >= 4 is 23.3 Å². The molecular formula is C28H21Cl. The van der Waals surface area contributed by atoms with E-state index in [2.05, 4.69) is 103 Å². The van der Waals surface area contributed by atoms with Crippen LogP contribution in [-0.4, -0.2) is 0 Å². The summed E-state index contributed by atoms with van der Waals surface area (Å²) in [6.45, 7) is 2.38. The van der Waals surface area contributed by atoms with Crippen LogP contribution in [0.15, 0.2) is 108 Å². The van der Waals surface area contributed by atoms with Crippen LogP contribution in [0, 0.1) is 11.8 Å². The number of allylic oxidation sites excluding steroid dienone is 9. The van der Waals surface area contributed by atoms with Gasteiger partial charge < -0.3 is 0 Å². The summed E-state index contributed by atoms with van der Waals surface area (Å²) in [5.41, 5.74) is 12.2. The summed E-state index contributed by atoms with van der Waals surface area (Å²) in [5.74, 6) is 0.664. The Morgan fingerprint density at radius 2 is 1.66 bits per heavy atom. The molecule has 1 heteroatoms. The highest BCUT2D eigenvalue weighted by molar-refractivity contribution is 6.32. The number of halogens is 1. The Balaban J connectivity index is 1.81. The molecule has 0 radical (unpaired) electrons. The minimum Gasteiger partial charge on any atom is -0.0836 e. The van der Waals surface area contributed by atoms with Gasteiger partial charge >= 0.3 is 0 Å². The zero-order chi connectivity index (χ0) is 19.8. The van der Waals surface area contributed by atoms with Gasteiger partial charge in [-0.2, -0.15) is 0 Å². The summed E-state index contributed by atoms with van der Waals surface area (Å²) in [5, 5.41) is 0.681. The Labute approximate surface area is 177 Å². The van der Waals surface area contributed by atoms with Crippen molar-refractivity contribution in [1.82, 2.24) is 0 Å². The van der Waals surface area contributed by atoms with Crippen molar-refractivity contribution in [3.8, 4) is 0 Å². The van der Waals surface area contributed by atoms with Gasteiger partial charge in [0.05, 0.1) is 5.03 Å². The summed E-state index contributed by atoms with van der Waals surface area (Å²) in [6, 6.07) is 17.4. The van der Waals surface area contributed by atoms with E-state index in [1.54, 1.807) is 6.08 Å². The first-order valence-electron chi connectivity index (χ1n) is 9.99. The first-order chi connectivity index (χ1) is 14.2. The summed E-state index contributed by atoms with van der Waals surface area (Å²) in [4.78, 5) is 0. The van der Waals surface area contributed by atoms with E-state index in [9.17, 15) is 0 Å². The average Bonchev–Trinajstić information content (AvgIpc) is 2.90. The first kappa shape index (κ1) is 18.0. The minimum absolute atomic E-state index is 0.210. The van der Waals surface area contributed by atoms with Gasteiger partial charge in [-0.05, 0) is 28.3 Å². The molecule has 0 bridgehead atoms. The molecular weight excluding hydrogens is 372 g/mol. The van der Waals surface area contributed by atoms with Crippen molar-refractivity contribution in [2.45, 2.75) is 12.3 Å². The lowest BCUT2D eigenvalue weighted by Crippen LogP contribution is -2.37. The van der Waals surface area contributed by atoms with Crippen molar-refractivity contribution in [2.75, 3.05) is 0 Å². The molecule has 3 unspecified atom stereocenters. The zero-order valence-corrected chi connectivity index (χ0v) is 17.0. The second kappa shape index (κ2) is 7.11. The van der Waals surface area contributed by atoms with Crippen LogP contribution >= 0.6 is 11.6 Å². The van der Waals surface area contributed by atoms with Crippen LogP contribution < -0.4 is 0 Å². The van der Waals surface area contributed by atoms with Gasteiger partial charge in [0.1, 0.15) is 0 Å². The van der Waals surface area contributed by atoms with Crippen molar-refractivity contribution in [3.63, 3.8) is 0 Å². The molecule has 2 aromatic rings. The molecule has 29 heavy (non-hydrogen) atoms. The third-order valence-corrected chi connectivity index (χ3v) is 6.56. The highest BCUT2D eigenvalue weighted by Crippen LogP contribution is 2.50. The first-order valence-corrected chi connectivity index (χ1v) is 10.4. The average molecular weight is 393 g/mol. The van der Waals surface area contributed by atoms with Crippen LogP contribution in [0.1, 0.15) is 29.2 Å². The predicted molar refractivity (Wildman–Crippen MR) is 123 cm³/mol. The number of hydrogen-bond acceptors (Lipinski definition) is 0. The Hall–Kier alpha value is -3.01. The largest absolute Gasteiger partial charge is 0.0836 e. The second-order valence-corrected chi connectivity index (χ2v) is 8.36. The zero-order valence-electron chi connectivity index (χ0n) is 16.3. The van der Waals surface area contributed by atoms with Crippen LogP contribution in [0.5, 0.6) is 0 Å². The van der Waals surface area contributed by atoms with Crippen molar-refractivity contribution in [2.24, 2.45) is 11.8 Å². The van der Waals surface area contributed by atoms with E-state index < -0.39 is 0 Å². The van der Waals surface area contributed by atoms with Gasteiger partial charge in [0.15, 0.2) is 0 Å². The highest BCUT2D eigenvalue weighted by atomic mass is 35.5. The SMILES string of the molecule is CC1(c2ccccc2C2=C=C=CC(Cl)=C2)c2ccccc2C=CC2C=CC=CC21. The maximum Gasteiger partial charge on any atom is 0.0502 e. The third-order valence-electron chi connectivity index (χ3n) is 6.34. The van der Waals surface area contributed by atoms with Gasteiger partial charge in [-0.1, -0.05) is 115 Å². The smallest absolute Gasteiger partial charge is 0.0502 e. The molecule has 140 valence electrons. The molecule has 2 aromatic carbocycles. The molecule has 0 saturated carbocycles. The molecule has 0 nitrogen and oxygen atoms in total. The predicted octanol–water partition coefficient (Wildman–Crippen LogP) is 7.21. The van der Waals surface area contributed by atoms with Crippen LogP contribution in [0.2, 0.25) is 0 Å². The van der Waals surface area contributed by atoms with Gasteiger partial charge in [0, 0.05) is 28.9 Å². The van der Waals surface area contributed by atoms with Crippen molar-refractivity contribution in [3.05, 3.63) is 130 Å². The number of rotatable bonds is 2. The second-order valence-electron chi connectivity index (χ2n) is 7.92. The summed E-state index contributed by atoms with van der Waals surface area (Å²) < 4.78 is 0. The Morgan fingerprint density at radius 1 is 0.897 bits per heavy atom. The van der Waals surface area contributed by atoms with E-state index in [0.717, 1.165) is 11.1 Å². The van der Waals surface area contributed by atoms with E-state index in [1.165, 1.54) is 16.7 Å². The Kier molecular flexibility index (Phi) is 4.42. The molecule has 0 aromatic heterocycles. The number of fused-ring (bicyclic) bond motifs is 2. The number of hydrogen-bond donors (Lipinski definition) is 0. The van der Waals surface area contributed by atoms with Gasteiger partial charge in [-0.15, -0.1) is 0 Å². The van der Waals surface area contributed by atoms with Gasteiger partial charge in [0.25, 0.3) is 0 Å².